The van der Waals surface area contributed by atoms with Gasteiger partial charge in [0.1, 0.15) is 10.8 Å². The molecule has 1 fully saturated rings. The lowest BCUT2D eigenvalue weighted by Gasteiger charge is -2.30. The number of carbonyl (C=O) groups excluding carboxylic acids is 1. The van der Waals surface area contributed by atoms with Crippen LogP contribution in [-0.2, 0) is 4.79 Å². The average Bonchev–Trinajstić information content (AvgIpc) is 2.88. The number of carbonyl (C=O) groups is 1. The van der Waals surface area contributed by atoms with Crippen molar-refractivity contribution in [2.24, 2.45) is 0 Å². The van der Waals surface area contributed by atoms with E-state index in [1.807, 2.05) is 18.2 Å². The van der Waals surface area contributed by atoms with Crippen molar-refractivity contribution in [1.82, 2.24) is 14.9 Å². The Labute approximate surface area is 223 Å². The van der Waals surface area contributed by atoms with Crippen molar-refractivity contribution in [2.75, 3.05) is 49.4 Å². The molecule has 0 bridgehead atoms. The summed E-state index contributed by atoms with van der Waals surface area (Å²) in [5, 5.41) is 21.8. The number of piperidine rings is 1. The second-order valence-corrected chi connectivity index (χ2v) is 12.0. The van der Waals surface area contributed by atoms with Crippen LogP contribution in [0, 0.1) is 0 Å². The summed E-state index contributed by atoms with van der Waals surface area (Å²) in [6.45, 7) is 9.84. The molecule has 194 valence electrons. The van der Waals surface area contributed by atoms with E-state index in [9.17, 15) is 9.90 Å². The number of rotatable bonds is 8. The molecule has 2 heterocycles. The summed E-state index contributed by atoms with van der Waals surface area (Å²) in [7, 11) is 1.76. The van der Waals surface area contributed by atoms with E-state index in [4.69, 9.17) is 11.6 Å². The van der Waals surface area contributed by atoms with Gasteiger partial charge in [-0.05, 0) is 87.4 Å². The lowest BCUT2D eigenvalue weighted by Crippen LogP contribution is -2.29. The highest BCUT2D eigenvalue weighted by atomic mass is 35.5. The number of phenols is 1. The van der Waals surface area contributed by atoms with Gasteiger partial charge in [-0.2, -0.15) is 4.98 Å². The maximum absolute atomic E-state index is 12.2. The fourth-order valence-electron chi connectivity index (χ4n) is 4.39. The zero-order chi connectivity index (χ0) is 26.5. The minimum atomic E-state index is -0.340. The minimum absolute atomic E-state index is 0.0477. The summed E-state index contributed by atoms with van der Waals surface area (Å²) in [6, 6.07) is 11.5. The molecule has 0 radical (unpaired) electrons. The van der Waals surface area contributed by atoms with Gasteiger partial charge in [-0.25, -0.2) is 4.98 Å². The standard InChI is InChI=1S/C27H32ClN6O2P/c1-5-25(36)30-21-15-22(23(35)14-18(21)17-10-12-34(2)13-11-17)32-27-29-16-19(28)26(33-27)31-20-8-6-7-9-24(20)37(3)4/h5-9,14-17,35H,1,10-13H2,2-4H3,(H,30,36)(H2,29,31,32,33). The number of hydrogen-bond acceptors (Lipinski definition) is 7. The van der Waals surface area contributed by atoms with Crippen molar-refractivity contribution in [3.8, 4) is 5.75 Å². The monoisotopic (exact) mass is 538 g/mol. The third kappa shape index (κ3) is 6.58. The number of halogens is 1. The molecule has 1 amide bonds. The Balaban J connectivity index is 1.63. The van der Waals surface area contributed by atoms with Crippen LogP contribution in [-0.4, -0.2) is 59.3 Å². The second-order valence-electron chi connectivity index (χ2n) is 9.28. The van der Waals surface area contributed by atoms with Crippen molar-refractivity contribution < 1.29 is 9.90 Å². The Morgan fingerprint density at radius 3 is 2.59 bits per heavy atom. The van der Waals surface area contributed by atoms with Crippen molar-refractivity contribution in [2.45, 2.75) is 18.8 Å². The fraction of sp³-hybridized carbons (Fsp3) is 0.296. The van der Waals surface area contributed by atoms with Gasteiger partial charge in [0, 0.05) is 11.4 Å². The number of nitrogens with one attached hydrogen (secondary N) is 3. The van der Waals surface area contributed by atoms with Gasteiger partial charge in [0.05, 0.1) is 11.9 Å². The Hall–Kier alpha value is -3.19. The summed E-state index contributed by atoms with van der Waals surface area (Å²) in [5.74, 6) is 0.660. The maximum atomic E-state index is 12.2. The highest BCUT2D eigenvalue weighted by Crippen LogP contribution is 2.40. The van der Waals surface area contributed by atoms with E-state index in [2.05, 4.69) is 63.8 Å². The van der Waals surface area contributed by atoms with Gasteiger partial charge in [-0.1, -0.05) is 44.3 Å². The molecule has 2 aromatic carbocycles. The quantitative estimate of drug-likeness (QED) is 0.128. The third-order valence-electron chi connectivity index (χ3n) is 6.40. The van der Waals surface area contributed by atoms with Crippen LogP contribution in [0.2, 0.25) is 5.02 Å². The SMILES string of the molecule is C=CC(=O)Nc1cc(Nc2ncc(Cl)c(Nc3ccccc3P(C)C)n2)c(O)cc1C1CCN(C)CC1. The zero-order valence-electron chi connectivity index (χ0n) is 21.3. The Morgan fingerprint density at radius 1 is 1.16 bits per heavy atom. The number of anilines is 5. The average molecular weight is 539 g/mol. The highest BCUT2D eigenvalue weighted by molar-refractivity contribution is 7.64. The van der Waals surface area contributed by atoms with E-state index in [1.165, 1.54) is 17.6 Å². The molecule has 37 heavy (non-hydrogen) atoms. The van der Waals surface area contributed by atoms with E-state index in [1.54, 1.807) is 12.1 Å². The van der Waals surface area contributed by atoms with Gasteiger partial charge >= 0.3 is 0 Å². The lowest BCUT2D eigenvalue weighted by molar-refractivity contribution is -0.111. The van der Waals surface area contributed by atoms with Gasteiger partial charge in [-0.3, -0.25) is 4.79 Å². The van der Waals surface area contributed by atoms with E-state index >= 15 is 0 Å². The highest BCUT2D eigenvalue weighted by Gasteiger charge is 2.23. The number of likely N-dealkylation sites (tertiary alicyclic amines) is 1. The fourth-order valence-corrected chi connectivity index (χ4v) is 5.52. The molecule has 0 unspecified atom stereocenters. The predicted octanol–water partition coefficient (Wildman–Crippen LogP) is 5.62. The van der Waals surface area contributed by atoms with Gasteiger partial charge in [0.25, 0.3) is 0 Å². The molecular formula is C27H32ClN6O2P. The summed E-state index contributed by atoms with van der Waals surface area (Å²) in [5.41, 5.74) is 2.83. The Kier molecular flexibility index (Phi) is 8.64. The predicted molar refractivity (Wildman–Crippen MR) is 155 cm³/mol. The van der Waals surface area contributed by atoms with Gasteiger partial charge in [-0.15, -0.1) is 0 Å². The summed E-state index contributed by atoms with van der Waals surface area (Å²) >= 11 is 6.41. The van der Waals surface area contributed by atoms with E-state index in [0.29, 0.717) is 22.2 Å². The van der Waals surface area contributed by atoms with Gasteiger partial charge in [0.15, 0.2) is 5.82 Å². The topological polar surface area (TPSA) is 102 Å². The minimum Gasteiger partial charge on any atom is -0.506 e. The van der Waals surface area contributed by atoms with Crippen LogP contribution in [0.1, 0.15) is 24.3 Å². The van der Waals surface area contributed by atoms with Crippen molar-refractivity contribution in [3.05, 3.63) is 65.8 Å². The molecule has 4 N–H and O–H groups in total. The van der Waals surface area contributed by atoms with Gasteiger partial charge < -0.3 is 26.0 Å². The summed E-state index contributed by atoms with van der Waals surface area (Å²) < 4.78 is 0. The molecule has 3 aromatic rings. The van der Waals surface area contributed by atoms with E-state index < -0.39 is 0 Å². The van der Waals surface area contributed by atoms with Crippen LogP contribution in [0.3, 0.4) is 0 Å². The molecule has 1 aromatic heterocycles. The zero-order valence-corrected chi connectivity index (χ0v) is 22.9. The number of phenolic OH excluding ortho intramolecular Hbond substituents is 1. The number of nitrogens with zero attached hydrogens (tertiary/aromatic N) is 3. The first-order valence-electron chi connectivity index (χ1n) is 12.1. The van der Waals surface area contributed by atoms with Crippen LogP contribution in [0.25, 0.3) is 0 Å². The first kappa shape index (κ1) is 26.9. The first-order valence-corrected chi connectivity index (χ1v) is 14.7. The molecule has 0 saturated carbocycles. The van der Waals surface area contributed by atoms with Crippen LogP contribution in [0.4, 0.5) is 28.8 Å². The number of aromatic nitrogens is 2. The normalized spacial score (nSPS) is 14.4. The number of aromatic hydroxyl groups is 1. The Morgan fingerprint density at radius 2 is 1.89 bits per heavy atom. The van der Waals surface area contributed by atoms with E-state index in [0.717, 1.165) is 37.2 Å². The number of amides is 1. The summed E-state index contributed by atoms with van der Waals surface area (Å²) in [6.07, 6.45) is 4.62. The molecule has 1 aliphatic rings. The molecule has 4 rings (SSSR count). The first-order chi connectivity index (χ1) is 17.7. The summed E-state index contributed by atoms with van der Waals surface area (Å²) in [4.78, 5) is 23.3. The van der Waals surface area contributed by atoms with Crippen molar-refractivity contribution in [3.63, 3.8) is 0 Å². The second kappa shape index (κ2) is 11.9. The molecular weight excluding hydrogens is 507 g/mol. The number of hydrogen-bond donors (Lipinski definition) is 4. The molecule has 8 nitrogen and oxygen atoms in total. The van der Waals surface area contributed by atoms with Crippen molar-refractivity contribution >= 4 is 59.6 Å². The lowest BCUT2D eigenvalue weighted by atomic mass is 9.88. The van der Waals surface area contributed by atoms with E-state index in [-0.39, 0.29) is 31.4 Å². The third-order valence-corrected chi connectivity index (χ3v) is 8.03. The Bertz CT molecular complexity index is 1290. The van der Waals surface area contributed by atoms with Crippen LogP contribution < -0.4 is 21.3 Å². The maximum Gasteiger partial charge on any atom is 0.247 e. The molecule has 10 heteroatoms. The van der Waals surface area contributed by atoms with Crippen LogP contribution in [0.15, 0.2) is 55.3 Å². The molecule has 1 aliphatic heterocycles. The molecule has 1 saturated heterocycles. The van der Waals surface area contributed by atoms with Crippen LogP contribution in [0.5, 0.6) is 5.75 Å². The number of para-hydroxylation sites is 1. The van der Waals surface area contributed by atoms with Crippen LogP contribution >= 0.6 is 19.5 Å². The molecule has 0 atom stereocenters. The molecule has 0 aliphatic carbocycles. The van der Waals surface area contributed by atoms with Gasteiger partial charge in [0.2, 0.25) is 11.9 Å². The largest absolute Gasteiger partial charge is 0.506 e. The number of benzene rings is 2. The van der Waals surface area contributed by atoms with Crippen molar-refractivity contribution in [1.29, 1.82) is 0 Å². The smallest absolute Gasteiger partial charge is 0.247 e. The molecule has 0 spiro atoms.